The third kappa shape index (κ3) is 6.75. The number of hydrogen-bond donors (Lipinski definition) is 2. The predicted octanol–water partition coefficient (Wildman–Crippen LogP) is 1.22. The molecule has 0 spiro atoms. The lowest BCUT2D eigenvalue weighted by molar-refractivity contribution is -0.123. The third-order valence-corrected chi connectivity index (χ3v) is 4.50. The first-order chi connectivity index (χ1) is 12.9. The van der Waals surface area contributed by atoms with Crippen LogP contribution in [0.25, 0.3) is 0 Å². The molecule has 0 radical (unpaired) electrons. The molecule has 0 unspecified atom stereocenters. The zero-order valence-corrected chi connectivity index (χ0v) is 17.2. The summed E-state index contributed by atoms with van der Waals surface area (Å²) >= 11 is 0. The minimum absolute atomic E-state index is 0.0920. The number of ether oxygens (including phenoxy) is 1. The Morgan fingerprint density at radius 1 is 1.22 bits per heavy atom. The van der Waals surface area contributed by atoms with Crippen molar-refractivity contribution in [3.8, 4) is 5.75 Å². The summed E-state index contributed by atoms with van der Waals surface area (Å²) in [5.41, 5.74) is 2.34. The zero-order chi connectivity index (χ0) is 19.8. The summed E-state index contributed by atoms with van der Waals surface area (Å²) in [6, 6.07) is 6.39. The SMILES string of the molecule is CN=C(NCc1cc(C)cc(OC)c1)N1CCN(CC(=O)NC(C)C)CC1. The van der Waals surface area contributed by atoms with Crippen LogP contribution < -0.4 is 15.4 Å². The smallest absolute Gasteiger partial charge is 0.234 e. The topological polar surface area (TPSA) is 69.2 Å². The molecule has 1 amide bonds. The maximum atomic E-state index is 11.9. The van der Waals surface area contributed by atoms with Crippen molar-refractivity contribution in [3.05, 3.63) is 29.3 Å². The van der Waals surface area contributed by atoms with Crippen LogP contribution in [0.1, 0.15) is 25.0 Å². The fourth-order valence-electron chi connectivity index (χ4n) is 3.25. The molecule has 1 aliphatic rings. The van der Waals surface area contributed by atoms with Gasteiger partial charge in [0.2, 0.25) is 5.91 Å². The first kappa shape index (κ1) is 21.0. The van der Waals surface area contributed by atoms with Crippen molar-refractivity contribution < 1.29 is 9.53 Å². The minimum atomic E-state index is 0.0920. The van der Waals surface area contributed by atoms with Crippen LogP contribution in [0.5, 0.6) is 5.75 Å². The van der Waals surface area contributed by atoms with E-state index in [2.05, 4.69) is 38.4 Å². The van der Waals surface area contributed by atoms with Gasteiger partial charge in [-0.2, -0.15) is 0 Å². The van der Waals surface area contributed by atoms with Crippen molar-refractivity contribution in [1.82, 2.24) is 20.4 Å². The van der Waals surface area contributed by atoms with Gasteiger partial charge in [0, 0.05) is 45.8 Å². The minimum Gasteiger partial charge on any atom is -0.497 e. The molecular weight excluding hydrogens is 342 g/mol. The fourth-order valence-corrected chi connectivity index (χ4v) is 3.25. The Morgan fingerprint density at radius 3 is 2.52 bits per heavy atom. The summed E-state index contributed by atoms with van der Waals surface area (Å²) in [7, 11) is 3.49. The number of nitrogens with zero attached hydrogens (tertiary/aromatic N) is 3. The Hall–Kier alpha value is -2.28. The highest BCUT2D eigenvalue weighted by molar-refractivity contribution is 5.80. The van der Waals surface area contributed by atoms with Crippen molar-refractivity contribution >= 4 is 11.9 Å². The van der Waals surface area contributed by atoms with Crippen molar-refractivity contribution in [2.45, 2.75) is 33.4 Å². The van der Waals surface area contributed by atoms with Crippen LogP contribution in [0.15, 0.2) is 23.2 Å². The molecule has 1 heterocycles. The first-order valence-electron chi connectivity index (χ1n) is 9.53. The normalized spacial score (nSPS) is 15.8. The Morgan fingerprint density at radius 2 is 1.93 bits per heavy atom. The molecule has 2 N–H and O–H groups in total. The lowest BCUT2D eigenvalue weighted by atomic mass is 10.1. The number of piperazine rings is 1. The number of aryl methyl sites for hydroxylation is 1. The van der Waals surface area contributed by atoms with E-state index < -0.39 is 0 Å². The number of methoxy groups -OCH3 is 1. The van der Waals surface area contributed by atoms with Crippen LogP contribution in [0.2, 0.25) is 0 Å². The number of carbonyl (C=O) groups is 1. The highest BCUT2D eigenvalue weighted by Crippen LogP contribution is 2.16. The highest BCUT2D eigenvalue weighted by Gasteiger charge is 2.21. The van der Waals surface area contributed by atoms with Crippen LogP contribution >= 0.6 is 0 Å². The molecule has 1 aliphatic heterocycles. The first-order valence-corrected chi connectivity index (χ1v) is 9.53. The van der Waals surface area contributed by atoms with E-state index in [1.165, 1.54) is 5.56 Å². The van der Waals surface area contributed by atoms with E-state index in [1.807, 2.05) is 33.0 Å². The molecule has 7 heteroatoms. The molecule has 1 aromatic carbocycles. The summed E-state index contributed by atoms with van der Waals surface area (Å²) in [6.45, 7) is 10.6. The second-order valence-electron chi connectivity index (χ2n) is 7.24. The molecule has 1 saturated heterocycles. The number of carbonyl (C=O) groups excluding carboxylic acids is 1. The Kier molecular flexibility index (Phi) is 7.91. The van der Waals surface area contributed by atoms with Crippen LogP contribution in [-0.4, -0.2) is 74.6 Å². The molecule has 0 aliphatic carbocycles. The van der Waals surface area contributed by atoms with Crippen LogP contribution in [0.4, 0.5) is 0 Å². The highest BCUT2D eigenvalue weighted by atomic mass is 16.5. The Bertz CT molecular complexity index is 652. The molecule has 0 bridgehead atoms. The average molecular weight is 376 g/mol. The van der Waals surface area contributed by atoms with E-state index in [-0.39, 0.29) is 11.9 Å². The van der Waals surface area contributed by atoms with Gasteiger partial charge in [-0.25, -0.2) is 0 Å². The third-order valence-electron chi connectivity index (χ3n) is 4.50. The van der Waals surface area contributed by atoms with E-state index in [9.17, 15) is 4.79 Å². The van der Waals surface area contributed by atoms with E-state index in [0.717, 1.165) is 43.5 Å². The van der Waals surface area contributed by atoms with Gasteiger partial charge >= 0.3 is 0 Å². The van der Waals surface area contributed by atoms with Crippen molar-refractivity contribution in [1.29, 1.82) is 0 Å². The number of benzene rings is 1. The maximum absolute atomic E-state index is 11.9. The molecular formula is C20H33N5O2. The second kappa shape index (κ2) is 10.2. The monoisotopic (exact) mass is 375 g/mol. The lowest BCUT2D eigenvalue weighted by Gasteiger charge is -2.36. The Balaban J connectivity index is 1.83. The molecule has 150 valence electrons. The molecule has 1 fully saturated rings. The number of guanidine groups is 1. The van der Waals surface area contributed by atoms with E-state index >= 15 is 0 Å². The largest absolute Gasteiger partial charge is 0.497 e. The standard InChI is InChI=1S/C20H33N5O2/c1-15(2)23-19(26)14-24-6-8-25(9-7-24)20(21-4)22-13-17-10-16(3)11-18(12-17)27-5/h10-12,15H,6-9,13-14H2,1-5H3,(H,21,22)(H,23,26). The predicted molar refractivity (Wildman–Crippen MR) is 109 cm³/mol. The van der Waals surface area contributed by atoms with Crippen molar-refractivity contribution in [2.24, 2.45) is 4.99 Å². The van der Waals surface area contributed by atoms with Gasteiger partial charge in [0.05, 0.1) is 13.7 Å². The number of aliphatic imine (C=N–C) groups is 1. The summed E-state index contributed by atoms with van der Waals surface area (Å²) in [5.74, 6) is 1.85. The van der Waals surface area contributed by atoms with Gasteiger partial charge in [-0.15, -0.1) is 0 Å². The molecule has 0 aromatic heterocycles. The summed E-state index contributed by atoms with van der Waals surface area (Å²) in [6.07, 6.45) is 0. The van der Waals surface area contributed by atoms with Crippen LogP contribution in [0, 0.1) is 6.92 Å². The van der Waals surface area contributed by atoms with Crippen LogP contribution in [-0.2, 0) is 11.3 Å². The van der Waals surface area contributed by atoms with Gasteiger partial charge < -0.3 is 20.3 Å². The second-order valence-corrected chi connectivity index (χ2v) is 7.24. The summed E-state index contributed by atoms with van der Waals surface area (Å²) in [4.78, 5) is 20.8. The molecule has 0 saturated carbocycles. The lowest BCUT2D eigenvalue weighted by Crippen LogP contribution is -2.54. The molecule has 7 nitrogen and oxygen atoms in total. The van der Waals surface area contributed by atoms with Gasteiger partial charge in [0.1, 0.15) is 5.75 Å². The maximum Gasteiger partial charge on any atom is 0.234 e. The van der Waals surface area contributed by atoms with Gasteiger partial charge in [0.25, 0.3) is 0 Å². The number of hydrogen-bond acceptors (Lipinski definition) is 4. The van der Waals surface area contributed by atoms with Gasteiger partial charge in [-0.05, 0) is 44.0 Å². The van der Waals surface area contributed by atoms with Crippen molar-refractivity contribution in [3.63, 3.8) is 0 Å². The Labute approximate surface area is 162 Å². The van der Waals surface area contributed by atoms with Crippen LogP contribution in [0.3, 0.4) is 0 Å². The quantitative estimate of drug-likeness (QED) is 0.578. The molecule has 27 heavy (non-hydrogen) atoms. The van der Waals surface area contributed by atoms with E-state index in [0.29, 0.717) is 13.1 Å². The molecule has 2 rings (SSSR count). The van der Waals surface area contributed by atoms with E-state index in [4.69, 9.17) is 4.74 Å². The summed E-state index contributed by atoms with van der Waals surface area (Å²) < 4.78 is 5.35. The fraction of sp³-hybridized carbons (Fsp3) is 0.600. The summed E-state index contributed by atoms with van der Waals surface area (Å²) in [5, 5.41) is 6.39. The number of rotatable bonds is 6. The zero-order valence-electron chi connectivity index (χ0n) is 17.2. The number of amides is 1. The molecule has 1 aromatic rings. The van der Waals surface area contributed by atoms with Gasteiger partial charge in [-0.3, -0.25) is 14.7 Å². The van der Waals surface area contributed by atoms with Gasteiger partial charge in [0.15, 0.2) is 5.96 Å². The van der Waals surface area contributed by atoms with Gasteiger partial charge in [-0.1, -0.05) is 6.07 Å². The van der Waals surface area contributed by atoms with E-state index in [1.54, 1.807) is 7.11 Å². The number of nitrogens with one attached hydrogen (secondary N) is 2. The van der Waals surface area contributed by atoms with Crippen molar-refractivity contribution in [2.75, 3.05) is 46.9 Å². The average Bonchev–Trinajstić information content (AvgIpc) is 2.62. The molecule has 0 atom stereocenters.